The summed E-state index contributed by atoms with van der Waals surface area (Å²) in [7, 11) is 0. The fourth-order valence-electron chi connectivity index (χ4n) is 3.30. The van der Waals surface area contributed by atoms with Crippen LogP contribution in [0.15, 0.2) is 53.0 Å². The molecule has 4 heteroatoms. The van der Waals surface area contributed by atoms with Crippen LogP contribution in [0.1, 0.15) is 0 Å². The van der Waals surface area contributed by atoms with Gasteiger partial charge in [-0.3, -0.25) is 0 Å². The summed E-state index contributed by atoms with van der Waals surface area (Å²) < 4.78 is 2.37. The second-order valence-corrected chi connectivity index (χ2v) is 7.43. The van der Waals surface area contributed by atoms with Crippen molar-refractivity contribution in [2.45, 2.75) is 0 Å². The Bertz CT molecular complexity index is 1200. The highest BCUT2D eigenvalue weighted by molar-refractivity contribution is 14.1. The molecule has 0 bridgehead atoms. The molecule has 106 valence electrons. The molecule has 5 aromatic rings. The van der Waals surface area contributed by atoms with Crippen molar-refractivity contribution in [1.29, 1.82) is 0 Å². The fourth-order valence-corrected chi connectivity index (χ4v) is 4.77. The molecule has 2 heterocycles. The van der Waals surface area contributed by atoms with Gasteiger partial charge in [0.15, 0.2) is 0 Å². The van der Waals surface area contributed by atoms with E-state index in [-0.39, 0.29) is 0 Å². The SMILES string of the molecule is Brc1cccc2c1[nH]c1cc3c([nH]c4ccccc43)c(I)c12. The van der Waals surface area contributed by atoms with Gasteiger partial charge in [0.1, 0.15) is 0 Å². The second kappa shape index (κ2) is 4.49. The van der Waals surface area contributed by atoms with Gasteiger partial charge in [0.2, 0.25) is 0 Å². The molecule has 0 saturated heterocycles. The molecule has 0 radical (unpaired) electrons. The first kappa shape index (κ1) is 13.0. The molecule has 0 saturated carbocycles. The lowest BCUT2D eigenvalue weighted by atomic mass is 10.1. The van der Waals surface area contributed by atoms with E-state index in [1.165, 1.54) is 41.7 Å². The molecule has 0 spiro atoms. The van der Waals surface area contributed by atoms with Gasteiger partial charge >= 0.3 is 0 Å². The Morgan fingerprint density at radius 3 is 2.45 bits per heavy atom. The van der Waals surface area contributed by atoms with Crippen LogP contribution in [-0.2, 0) is 0 Å². The quantitative estimate of drug-likeness (QED) is 0.253. The van der Waals surface area contributed by atoms with E-state index in [1.54, 1.807) is 0 Å². The maximum atomic E-state index is 3.64. The molecule has 0 unspecified atom stereocenters. The van der Waals surface area contributed by atoms with Crippen molar-refractivity contribution in [2.75, 3.05) is 0 Å². The van der Waals surface area contributed by atoms with Crippen LogP contribution in [0.3, 0.4) is 0 Å². The summed E-state index contributed by atoms with van der Waals surface area (Å²) in [5.74, 6) is 0. The van der Waals surface area contributed by atoms with Gasteiger partial charge in [-0.1, -0.05) is 30.3 Å². The maximum absolute atomic E-state index is 3.64. The molecule has 0 aliphatic heterocycles. The Morgan fingerprint density at radius 1 is 0.773 bits per heavy atom. The number of benzene rings is 3. The number of H-pyrrole nitrogens is 2. The third-order valence-electron chi connectivity index (χ3n) is 4.29. The van der Waals surface area contributed by atoms with Crippen LogP contribution in [0.25, 0.3) is 43.6 Å². The maximum Gasteiger partial charge on any atom is 0.0609 e. The summed E-state index contributed by atoms with van der Waals surface area (Å²) in [6.07, 6.45) is 0. The van der Waals surface area contributed by atoms with Crippen molar-refractivity contribution >= 4 is 82.1 Å². The van der Waals surface area contributed by atoms with Crippen molar-refractivity contribution in [1.82, 2.24) is 9.97 Å². The van der Waals surface area contributed by atoms with E-state index in [0.29, 0.717) is 0 Å². The topological polar surface area (TPSA) is 31.6 Å². The van der Waals surface area contributed by atoms with Gasteiger partial charge in [0, 0.05) is 40.6 Å². The van der Waals surface area contributed by atoms with Crippen LogP contribution >= 0.6 is 38.5 Å². The molecule has 0 atom stereocenters. The van der Waals surface area contributed by atoms with Crippen molar-refractivity contribution < 1.29 is 0 Å². The minimum atomic E-state index is 1.10. The zero-order valence-electron chi connectivity index (χ0n) is 11.4. The number of nitrogens with one attached hydrogen (secondary N) is 2. The zero-order valence-corrected chi connectivity index (χ0v) is 15.1. The average Bonchev–Trinajstić information content (AvgIpc) is 3.08. The highest BCUT2D eigenvalue weighted by Gasteiger charge is 2.15. The third-order valence-corrected chi connectivity index (χ3v) is 6.03. The summed E-state index contributed by atoms with van der Waals surface area (Å²) in [6, 6.07) is 17.1. The van der Waals surface area contributed by atoms with Crippen LogP contribution in [0, 0.1) is 3.57 Å². The van der Waals surface area contributed by atoms with Gasteiger partial charge in [-0.05, 0) is 56.7 Å². The van der Waals surface area contributed by atoms with Crippen LogP contribution in [-0.4, -0.2) is 9.97 Å². The minimum absolute atomic E-state index is 1.10. The van der Waals surface area contributed by atoms with Gasteiger partial charge in [-0.25, -0.2) is 0 Å². The fraction of sp³-hybridized carbons (Fsp3) is 0. The number of fused-ring (bicyclic) bond motifs is 6. The Kier molecular flexibility index (Phi) is 2.64. The summed E-state index contributed by atoms with van der Waals surface area (Å²) in [5, 5.41) is 5.09. The molecular formula is C18H10BrIN2. The van der Waals surface area contributed by atoms with Gasteiger partial charge < -0.3 is 9.97 Å². The lowest BCUT2D eigenvalue weighted by Gasteiger charge is -1.99. The van der Waals surface area contributed by atoms with Crippen LogP contribution < -0.4 is 0 Å². The Balaban J connectivity index is 2.09. The van der Waals surface area contributed by atoms with E-state index in [4.69, 9.17) is 0 Å². The van der Waals surface area contributed by atoms with Crippen molar-refractivity contribution in [3.05, 3.63) is 56.6 Å². The predicted octanol–water partition coefficient (Wildman–Crippen LogP) is 6.32. The van der Waals surface area contributed by atoms with E-state index in [1.807, 2.05) is 0 Å². The van der Waals surface area contributed by atoms with Crippen LogP contribution in [0.2, 0.25) is 0 Å². The highest BCUT2D eigenvalue weighted by atomic mass is 127. The average molecular weight is 461 g/mol. The summed E-state index contributed by atoms with van der Waals surface area (Å²) in [4.78, 5) is 7.14. The largest absolute Gasteiger partial charge is 0.354 e. The number of hydrogen-bond acceptors (Lipinski definition) is 0. The summed E-state index contributed by atoms with van der Waals surface area (Å²) >= 11 is 6.11. The molecule has 0 fully saturated rings. The van der Waals surface area contributed by atoms with E-state index >= 15 is 0 Å². The van der Waals surface area contributed by atoms with Crippen LogP contribution in [0.5, 0.6) is 0 Å². The van der Waals surface area contributed by atoms with Gasteiger partial charge in [-0.15, -0.1) is 0 Å². The van der Waals surface area contributed by atoms with E-state index in [0.717, 1.165) is 9.99 Å². The molecule has 2 nitrogen and oxygen atoms in total. The van der Waals surface area contributed by atoms with Crippen molar-refractivity contribution in [2.24, 2.45) is 0 Å². The number of aromatic amines is 2. The van der Waals surface area contributed by atoms with Gasteiger partial charge in [0.05, 0.1) is 11.0 Å². The molecule has 3 aromatic carbocycles. The van der Waals surface area contributed by atoms with Gasteiger partial charge in [-0.2, -0.15) is 0 Å². The highest BCUT2D eigenvalue weighted by Crippen LogP contribution is 2.38. The number of hydrogen-bond donors (Lipinski definition) is 2. The third kappa shape index (κ3) is 1.59. The summed E-state index contributed by atoms with van der Waals surface area (Å²) in [5.41, 5.74) is 4.75. The molecule has 5 rings (SSSR count). The lowest BCUT2D eigenvalue weighted by Crippen LogP contribution is -1.78. The van der Waals surface area contributed by atoms with Crippen LogP contribution in [0.4, 0.5) is 0 Å². The molecular weight excluding hydrogens is 451 g/mol. The number of para-hydroxylation sites is 2. The molecule has 0 aliphatic rings. The van der Waals surface area contributed by atoms with E-state index < -0.39 is 0 Å². The van der Waals surface area contributed by atoms with E-state index in [9.17, 15) is 0 Å². The first-order chi connectivity index (χ1) is 10.7. The second-order valence-electron chi connectivity index (χ2n) is 5.49. The normalized spacial score (nSPS) is 12.1. The lowest BCUT2D eigenvalue weighted by molar-refractivity contribution is 1.52. The first-order valence-corrected chi connectivity index (χ1v) is 8.90. The molecule has 0 amide bonds. The Hall–Kier alpha value is -1.53. The molecule has 22 heavy (non-hydrogen) atoms. The number of halogens is 2. The smallest absolute Gasteiger partial charge is 0.0609 e. The van der Waals surface area contributed by atoms with E-state index in [2.05, 4.69) is 97.0 Å². The zero-order chi connectivity index (χ0) is 14.8. The minimum Gasteiger partial charge on any atom is -0.354 e. The molecule has 0 aliphatic carbocycles. The summed E-state index contributed by atoms with van der Waals surface area (Å²) in [6.45, 7) is 0. The number of aromatic nitrogens is 2. The molecule has 2 aromatic heterocycles. The van der Waals surface area contributed by atoms with Gasteiger partial charge in [0.25, 0.3) is 0 Å². The Morgan fingerprint density at radius 2 is 1.55 bits per heavy atom. The predicted molar refractivity (Wildman–Crippen MR) is 106 cm³/mol. The van der Waals surface area contributed by atoms with Crippen molar-refractivity contribution in [3.63, 3.8) is 0 Å². The molecule has 2 N–H and O–H groups in total. The standard InChI is InChI=1S/C18H10BrIN2/c19-12-6-3-5-10-15-14(22-17(10)12)8-11-9-4-1-2-7-13(9)21-18(11)16(15)20/h1-8,21-22H. The Labute approximate surface area is 148 Å². The monoisotopic (exact) mass is 460 g/mol. The first-order valence-electron chi connectivity index (χ1n) is 7.03. The number of rotatable bonds is 0. The van der Waals surface area contributed by atoms with Crippen molar-refractivity contribution in [3.8, 4) is 0 Å².